The molecule has 0 aromatic heterocycles. The van der Waals surface area contributed by atoms with Gasteiger partial charge in [0, 0.05) is 0 Å². The fourth-order valence-electron chi connectivity index (χ4n) is 0.888. The van der Waals surface area contributed by atoms with Crippen molar-refractivity contribution in [3.8, 4) is 0 Å². The maximum atomic E-state index is 2.70. The van der Waals surface area contributed by atoms with Gasteiger partial charge in [0.25, 0.3) is 0 Å². The van der Waals surface area contributed by atoms with Crippen LogP contribution < -0.4 is 0 Å². The molecule has 0 saturated heterocycles. The zero-order chi connectivity index (χ0) is 6.53. The van der Waals surface area contributed by atoms with E-state index in [1.54, 1.807) is 0 Å². The van der Waals surface area contributed by atoms with Gasteiger partial charge in [0.2, 0.25) is 0 Å². The molecule has 0 bridgehead atoms. The fourth-order valence-corrected chi connectivity index (χ4v) is 1.39. The molecule has 0 atom stereocenters. The van der Waals surface area contributed by atoms with Crippen molar-refractivity contribution in [2.75, 3.05) is 0 Å². The van der Waals surface area contributed by atoms with E-state index in [9.17, 15) is 0 Å². The van der Waals surface area contributed by atoms with Gasteiger partial charge in [-0.25, -0.2) is 0 Å². The van der Waals surface area contributed by atoms with Crippen molar-refractivity contribution in [1.29, 1.82) is 0 Å². The second-order valence-electron chi connectivity index (χ2n) is 2.22. The third-order valence-electron chi connectivity index (χ3n) is 1.40. The third kappa shape index (κ3) is 2.96. The molecular formula is C8H11Ru. The molecule has 0 nitrogen and oxygen atoms in total. The molecule has 1 aliphatic carbocycles. The van der Waals surface area contributed by atoms with Crippen molar-refractivity contribution in [2.45, 2.75) is 25.7 Å². The molecule has 0 aromatic carbocycles. The van der Waals surface area contributed by atoms with E-state index in [4.69, 9.17) is 0 Å². The summed E-state index contributed by atoms with van der Waals surface area (Å²) in [5.41, 5.74) is 0. The first kappa shape index (κ1) is 7.21. The second kappa shape index (κ2) is 4.01. The molecule has 0 aliphatic heterocycles. The molecule has 51 valence electrons. The van der Waals surface area contributed by atoms with E-state index < -0.39 is 0 Å². The van der Waals surface area contributed by atoms with E-state index in [0.29, 0.717) is 0 Å². The van der Waals surface area contributed by atoms with E-state index in [-0.39, 0.29) is 0 Å². The van der Waals surface area contributed by atoms with Crippen molar-refractivity contribution >= 4 is 0 Å². The molecule has 1 rings (SSSR count). The molecular weight excluding hydrogens is 197 g/mol. The van der Waals surface area contributed by atoms with Gasteiger partial charge in [0.1, 0.15) is 0 Å². The van der Waals surface area contributed by atoms with Crippen LogP contribution in [0, 0.1) is 0 Å². The SMILES string of the molecule is [Ru][C]1=CCCC=CCC1. The minimum absolute atomic E-state index is 1.22. The van der Waals surface area contributed by atoms with Gasteiger partial charge >= 0.3 is 66.4 Å². The van der Waals surface area contributed by atoms with E-state index in [1.807, 2.05) is 0 Å². The molecule has 0 spiro atoms. The first-order chi connectivity index (χ1) is 4.39. The van der Waals surface area contributed by atoms with Crippen LogP contribution in [0.4, 0.5) is 0 Å². The first-order valence-electron chi connectivity index (χ1n) is 3.38. The van der Waals surface area contributed by atoms with Gasteiger partial charge in [-0.2, -0.15) is 0 Å². The summed E-state index contributed by atoms with van der Waals surface area (Å²) in [6.07, 6.45) is 11.8. The molecule has 0 saturated carbocycles. The van der Waals surface area contributed by atoms with Gasteiger partial charge in [-0.05, 0) is 0 Å². The molecule has 0 aromatic rings. The third-order valence-corrected chi connectivity index (χ3v) is 2.19. The average Bonchev–Trinajstić information content (AvgIpc) is 1.79. The van der Waals surface area contributed by atoms with E-state index >= 15 is 0 Å². The summed E-state index contributed by atoms with van der Waals surface area (Å²) < 4.78 is 1.48. The minimum atomic E-state index is 1.22. The first-order valence-corrected chi connectivity index (χ1v) is 4.25. The summed E-state index contributed by atoms with van der Waals surface area (Å²) in [6, 6.07) is 0. The summed E-state index contributed by atoms with van der Waals surface area (Å²) >= 11 is 2.70. The van der Waals surface area contributed by atoms with Gasteiger partial charge in [0.05, 0.1) is 0 Å². The maximum absolute atomic E-state index is 2.70. The monoisotopic (exact) mass is 209 g/mol. The standard InChI is InChI=1S/C8H11.Ru/c1-2-4-6-8-7-5-3-1;/h1-2,7H,3-6H2;. The van der Waals surface area contributed by atoms with Crippen LogP contribution in [0.2, 0.25) is 0 Å². The zero-order valence-electron chi connectivity index (χ0n) is 5.41. The van der Waals surface area contributed by atoms with Crippen LogP contribution in [0.15, 0.2) is 22.4 Å². The molecule has 1 heteroatoms. The Labute approximate surface area is 66.7 Å². The van der Waals surface area contributed by atoms with Crippen LogP contribution in [-0.4, -0.2) is 0 Å². The topological polar surface area (TPSA) is 0 Å². The summed E-state index contributed by atoms with van der Waals surface area (Å²) in [6.45, 7) is 0. The van der Waals surface area contributed by atoms with Gasteiger partial charge in [0.15, 0.2) is 0 Å². The van der Waals surface area contributed by atoms with Crippen LogP contribution in [0.5, 0.6) is 0 Å². The summed E-state index contributed by atoms with van der Waals surface area (Å²) in [5.74, 6) is 0. The fraction of sp³-hybridized carbons (Fsp3) is 0.500. The van der Waals surface area contributed by atoms with Gasteiger partial charge < -0.3 is 0 Å². The Morgan fingerprint density at radius 3 is 2.78 bits per heavy atom. The van der Waals surface area contributed by atoms with Crippen LogP contribution >= 0.6 is 0 Å². The van der Waals surface area contributed by atoms with Crippen molar-refractivity contribution < 1.29 is 18.3 Å². The van der Waals surface area contributed by atoms with Gasteiger partial charge in [-0.1, -0.05) is 0 Å². The van der Waals surface area contributed by atoms with E-state index in [1.165, 1.54) is 29.9 Å². The number of hydrogen-bond acceptors (Lipinski definition) is 0. The zero-order valence-corrected chi connectivity index (χ0v) is 7.15. The Morgan fingerprint density at radius 1 is 1.11 bits per heavy atom. The van der Waals surface area contributed by atoms with Crippen LogP contribution in [-0.2, 0) is 18.3 Å². The van der Waals surface area contributed by atoms with Crippen molar-refractivity contribution in [3.63, 3.8) is 0 Å². The summed E-state index contributed by atoms with van der Waals surface area (Å²) in [5, 5.41) is 0. The normalized spacial score (nSPS) is 20.3. The molecule has 1 aliphatic rings. The number of hydrogen-bond donors (Lipinski definition) is 0. The van der Waals surface area contributed by atoms with Gasteiger partial charge in [-0.15, -0.1) is 0 Å². The van der Waals surface area contributed by atoms with Crippen LogP contribution in [0.1, 0.15) is 25.7 Å². The average molecular weight is 208 g/mol. The molecule has 0 amide bonds. The molecule has 0 N–H and O–H groups in total. The quantitative estimate of drug-likeness (QED) is 0.424. The van der Waals surface area contributed by atoms with Crippen LogP contribution in [0.3, 0.4) is 0 Å². The Morgan fingerprint density at radius 2 is 1.89 bits per heavy atom. The van der Waals surface area contributed by atoms with E-state index in [0.717, 1.165) is 0 Å². The summed E-state index contributed by atoms with van der Waals surface area (Å²) in [7, 11) is 0. The molecule has 9 heavy (non-hydrogen) atoms. The number of rotatable bonds is 0. The Hall–Kier alpha value is 0.103. The van der Waals surface area contributed by atoms with Crippen LogP contribution in [0.25, 0.3) is 0 Å². The number of allylic oxidation sites excluding steroid dienone is 4. The Kier molecular flexibility index (Phi) is 3.21. The predicted molar refractivity (Wildman–Crippen MR) is 35.7 cm³/mol. The second-order valence-corrected chi connectivity index (χ2v) is 3.34. The van der Waals surface area contributed by atoms with E-state index in [2.05, 4.69) is 36.5 Å². The Balaban J connectivity index is 2.41. The predicted octanol–water partition coefficient (Wildman–Crippen LogP) is 2.55. The van der Waals surface area contributed by atoms with Gasteiger partial charge in [-0.3, -0.25) is 0 Å². The molecule has 0 radical (unpaired) electrons. The Bertz CT molecular complexity index is 134. The van der Waals surface area contributed by atoms with Crippen molar-refractivity contribution in [1.82, 2.24) is 0 Å². The molecule has 0 heterocycles. The summed E-state index contributed by atoms with van der Waals surface area (Å²) in [4.78, 5) is 0. The molecule has 0 unspecified atom stereocenters. The molecule has 0 fully saturated rings. The van der Waals surface area contributed by atoms with Crippen molar-refractivity contribution in [2.24, 2.45) is 0 Å². The van der Waals surface area contributed by atoms with Crippen molar-refractivity contribution in [3.05, 3.63) is 22.4 Å².